The highest BCUT2D eigenvalue weighted by Gasteiger charge is 2.53. The molecule has 3 aromatic rings. The second kappa shape index (κ2) is 11.3. The summed E-state index contributed by atoms with van der Waals surface area (Å²) in [5.41, 5.74) is 3.28. The molecule has 0 bridgehead atoms. The van der Waals surface area contributed by atoms with Gasteiger partial charge in [0.1, 0.15) is 6.04 Å². The minimum atomic E-state index is -0.716. The lowest BCUT2D eigenvalue weighted by atomic mass is 9.93. The molecule has 3 N–H and O–H groups in total. The second-order valence-electron chi connectivity index (χ2n) is 10.0. The van der Waals surface area contributed by atoms with Gasteiger partial charge < -0.3 is 16.0 Å². The van der Waals surface area contributed by atoms with Crippen LogP contribution in [0, 0.1) is 0 Å². The Morgan fingerprint density at radius 3 is 2.24 bits per heavy atom. The van der Waals surface area contributed by atoms with Crippen LogP contribution in [-0.2, 0) is 21.4 Å². The summed E-state index contributed by atoms with van der Waals surface area (Å²) < 4.78 is 0. The first kappa shape index (κ1) is 25.8. The fraction of sp³-hybridized carbons (Fsp3) is 0.333. The highest BCUT2D eigenvalue weighted by Crippen LogP contribution is 2.51. The molecule has 1 saturated carbocycles. The van der Waals surface area contributed by atoms with Crippen molar-refractivity contribution in [2.24, 2.45) is 0 Å². The minimum Gasteiger partial charge on any atom is -0.351 e. The Morgan fingerprint density at radius 1 is 0.919 bits per heavy atom. The highest BCUT2D eigenvalue weighted by molar-refractivity contribution is 6.35. The van der Waals surface area contributed by atoms with E-state index in [4.69, 9.17) is 23.2 Å². The summed E-state index contributed by atoms with van der Waals surface area (Å²) in [6, 6.07) is 23.0. The van der Waals surface area contributed by atoms with E-state index in [-0.39, 0.29) is 17.9 Å². The number of carbonyl (C=O) groups is 2. The predicted octanol–water partition coefficient (Wildman–Crippen LogP) is 5.29. The maximum absolute atomic E-state index is 13.6. The van der Waals surface area contributed by atoms with E-state index in [0.29, 0.717) is 29.3 Å². The number of hydrogen-bond acceptors (Lipinski definition) is 3. The molecule has 1 unspecified atom stereocenters. The number of rotatable bonds is 8. The summed E-state index contributed by atoms with van der Waals surface area (Å²) in [6.45, 7) is 1.75. The molecule has 1 aliphatic heterocycles. The van der Waals surface area contributed by atoms with Crippen LogP contribution in [0.25, 0.3) is 11.1 Å². The van der Waals surface area contributed by atoms with Gasteiger partial charge in [-0.05, 0) is 73.2 Å². The Labute approximate surface area is 227 Å². The zero-order valence-electron chi connectivity index (χ0n) is 20.6. The summed E-state index contributed by atoms with van der Waals surface area (Å²) >= 11 is 12.6. The van der Waals surface area contributed by atoms with Gasteiger partial charge in [0.05, 0.1) is 5.41 Å². The van der Waals surface area contributed by atoms with Gasteiger partial charge in [-0.25, -0.2) is 0 Å². The van der Waals surface area contributed by atoms with E-state index in [0.717, 1.165) is 48.2 Å². The second-order valence-corrected chi connectivity index (χ2v) is 10.9. The third-order valence-corrected chi connectivity index (χ3v) is 7.99. The van der Waals surface area contributed by atoms with Gasteiger partial charge in [0.15, 0.2) is 0 Å². The lowest BCUT2D eigenvalue weighted by molar-refractivity contribution is -0.130. The molecule has 5 nitrogen and oxygen atoms in total. The van der Waals surface area contributed by atoms with Crippen LogP contribution in [0.3, 0.4) is 0 Å². The number of nitrogens with one attached hydrogen (secondary N) is 3. The van der Waals surface area contributed by atoms with Crippen molar-refractivity contribution in [3.63, 3.8) is 0 Å². The first-order valence-corrected chi connectivity index (χ1v) is 13.6. The van der Waals surface area contributed by atoms with Crippen LogP contribution in [-0.4, -0.2) is 37.0 Å². The first-order chi connectivity index (χ1) is 17.9. The van der Waals surface area contributed by atoms with Crippen LogP contribution < -0.4 is 16.0 Å². The van der Waals surface area contributed by atoms with Crippen molar-refractivity contribution in [2.75, 3.05) is 13.1 Å². The van der Waals surface area contributed by atoms with Crippen LogP contribution >= 0.6 is 23.2 Å². The monoisotopic (exact) mass is 535 g/mol. The van der Waals surface area contributed by atoms with Crippen molar-refractivity contribution in [1.29, 1.82) is 0 Å². The quantitative estimate of drug-likeness (QED) is 0.367. The average Bonchev–Trinajstić information content (AvgIpc) is 3.72. The third-order valence-electron chi connectivity index (χ3n) is 7.44. The Bertz CT molecular complexity index is 1250. The van der Waals surface area contributed by atoms with Gasteiger partial charge >= 0.3 is 0 Å². The molecule has 1 aliphatic carbocycles. The fourth-order valence-corrected chi connectivity index (χ4v) is 5.68. The van der Waals surface area contributed by atoms with Crippen LogP contribution in [0.5, 0.6) is 0 Å². The first-order valence-electron chi connectivity index (χ1n) is 12.9. The normalized spacial score (nSPS) is 17.6. The Morgan fingerprint density at radius 2 is 1.59 bits per heavy atom. The van der Waals surface area contributed by atoms with Crippen molar-refractivity contribution >= 4 is 35.0 Å². The van der Waals surface area contributed by atoms with Crippen molar-refractivity contribution in [3.05, 3.63) is 94.0 Å². The molecule has 5 rings (SSSR count). The molecule has 0 spiro atoms. The number of carbonyl (C=O) groups excluding carboxylic acids is 2. The zero-order valence-corrected chi connectivity index (χ0v) is 22.1. The maximum atomic E-state index is 13.6. The van der Waals surface area contributed by atoms with Crippen molar-refractivity contribution in [2.45, 2.75) is 49.6 Å². The van der Waals surface area contributed by atoms with Gasteiger partial charge in [-0.3, -0.25) is 9.59 Å². The molecular weight excluding hydrogens is 505 g/mol. The van der Waals surface area contributed by atoms with Crippen molar-refractivity contribution in [3.8, 4) is 11.1 Å². The van der Waals surface area contributed by atoms with Crippen molar-refractivity contribution < 1.29 is 9.59 Å². The summed E-state index contributed by atoms with van der Waals surface area (Å²) in [5.74, 6) is -0.312. The predicted molar refractivity (Wildman–Crippen MR) is 149 cm³/mol. The van der Waals surface area contributed by atoms with Gasteiger partial charge in [-0.15, -0.1) is 0 Å². The molecule has 2 aliphatic rings. The van der Waals surface area contributed by atoms with E-state index in [1.54, 1.807) is 12.1 Å². The smallest absolute Gasteiger partial charge is 0.243 e. The maximum Gasteiger partial charge on any atom is 0.243 e. The number of amides is 2. The molecule has 7 heteroatoms. The van der Waals surface area contributed by atoms with E-state index in [9.17, 15) is 9.59 Å². The Balaban J connectivity index is 1.35. The SMILES string of the molecule is O=C(NC1CCNCC1)C(Cc1ccc(-c2ccccc2)cc1)NC(=O)C1(c2ccc(Cl)cc2Cl)CC1. The Kier molecular flexibility index (Phi) is 7.84. The van der Waals surface area contributed by atoms with Crippen LogP contribution in [0.15, 0.2) is 72.8 Å². The lowest BCUT2D eigenvalue weighted by Gasteiger charge is -2.28. The molecule has 0 aromatic heterocycles. The molecule has 37 heavy (non-hydrogen) atoms. The molecule has 0 radical (unpaired) electrons. The fourth-order valence-electron chi connectivity index (χ4n) is 5.09. The van der Waals surface area contributed by atoms with Crippen LogP contribution in [0.2, 0.25) is 10.0 Å². The lowest BCUT2D eigenvalue weighted by Crippen LogP contribution is -2.54. The largest absolute Gasteiger partial charge is 0.351 e. The number of piperidine rings is 1. The average molecular weight is 537 g/mol. The van der Waals surface area contributed by atoms with E-state index in [1.807, 2.05) is 36.4 Å². The zero-order chi connectivity index (χ0) is 25.8. The summed E-state index contributed by atoms with van der Waals surface area (Å²) in [4.78, 5) is 27.1. The molecule has 1 saturated heterocycles. The van der Waals surface area contributed by atoms with Crippen molar-refractivity contribution in [1.82, 2.24) is 16.0 Å². The molecule has 1 heterocycles. The highest BCUT2D eigenvalue weighted by atomic mass is 35.5. The topological polar surface area (TPSA) is 70.2 Å². The number of benzene rings is 3. The summed E-state index contributed by atoms with van der Waals surface area (Å²) in [6.07, 6.45) is 3.54. The summed E-state index contributed by atoms with van der Waals surface area (Å²) in [7, 11) is 0. The Hall–Kier alpha value is -2.86. The van der Waals surface area contributed by atoms with E-state index in [2.05, 4.69) is 40.2 Å². The number of hydrogen-bond donors (Lipinski definition) is 3. The van der Waals surface area contributed by atoms with E-state index in [1.165, 1.54) is 0 Å². The molecule has 2 amide bonds. The van der Waals surface area contributed by atoms with Gasteiger partial charge in [-0.2, -0.15) is 0 Å². The third kappa shape index (κ3) is 6.01. The van der Waals surface area contributed by atoms with Gasteiger partial charge in [0.25, 0.3) is 0 Å². The molecule has 1 atom stereocenters. The van der Waals surface area contributed by atoms with E-state index < -0.39 is 11.5 Å². The molecule has 3 aromatic carbocycles. The molecule has 2 fully saturated rings. The molecular formula is C30H31Cl2N3O2. The van der Waals surface area contributed by atoms with Gasteiger partial charge in [0.2, 0.25) is 11.8 Å². The van der Waals surface area contributed by atoms with Crippen LogP contribution in [0.4, 0.5) is 0 Å². The molecule has 192 valence electrons. The van der Waals surface area contributed by atoms with Gasteiger partial charge in [0, 0.05) is 22.5 Å². The standard InChI is InChI=1S/C30H31Cl2N3O2/c31-23-10-11-25(26(32)19-23)30(14-15-30)29(37)35-27(28(36)34-24-12-16-33-17-13-24)18-20-6-8-22(9-7-20)21-4-2-1-3-5-21/h1-11,19,24,27,33H,12-18H2,(H,34,36)(H,35,37). The van der Waals surface area contributed by atoms with Gasteiger partial charge in [-0.1, -0.05) is 83.9 Å². The van der Waals surface area contributed by atoms with E-state index >= 15 is 0 Å². The van der Waals surface area contributed by atoms with Crippen LogP contribution in [0.1, 0.15) is 36.8 Å². The summed E-state index contributed by atoms with van der Waals surface area (Å²) in [5, 5.41) is 10.6. The number of halogens is 2. The minimum absolute atomic E-state index is 0.106.